The lowest BCUT2D eigenvalue weighted by Gasteiger charge is -2.15. The molecule has 0 saturated heterocycles. The summed E-state index contributed by atoms with van der Waals surface area (Å²) in [6.45, 7) is 2.07. The summed E-state index contributed by atoms with van der Waals surface area (Å²) in [5.74, 6) is 1.65. The van der Waals surface area contributed by atoms with Crippen molar-refractivity contribution in [1.82, 2.24) is 15.0 Å². The molecule has 0 aliphatic heterocycles. The summed E-state index contributed by atoms with van der Waals surface area (Å²) >= 11 is 6.19. The van der Waals surface area contributed by atoms with Crippen LogP contribution in [0, 0.1) is 6.92 Å². The zero-order valence-corrected chi connectivity index (χ0v) is 16.8. The van der Waals surface area contributed by atoms with E-state index in [9.17, 15) is 4.79 Å². The van der Waals surface area contributed by atoms with E-state index in [1.807, 2.05) is 13.0 Å². The third-order valence-electron chi connectivity index (χ3n) is 4.18. The molecule has 0 atom stereocenters. The van der Waals surface area contributed by atoms with Crippen molar-refractivity contribution in [3.63, 3.8) is 0 Å². The molecule has 1 aromatic heterocycles. The number of nitrogens with zero attached hydrogens (tertiary/aromatic N) is 3. The Labute approximate surface area is 167 Å². The van der Waals surface area contributed by atoms with Crippen LogP contribution in [-0.2, 0) is 6.54 Å². The molecule has 0 bridgehead atoms. The number of hydrogen-bond donors (Lipinski definition) is 0. The molecule has 0 aliphatic carbocycles. The molecule has 8 heteroatoms. The van der Waals surface area contributed by atoms with Gasteiger partial charge in [-0.1, -0.05) is 22.8 Å². The van der Waals surface area contributed by atoms with Gasteiger partial charge in [0.05, 0.1) is 31.4 Å². The van der Waals surface area contributed by atoms with E-state index in [-0.39, 0.29) is 12.5 Å². The van der Waals surface area contributed by atoms with Crippen molar-refractivity contribution in [1.29, 1.82) is 0 Å². The van der Waals surface area contributed by atoms with Gasteiger partial charge in [0.25, 0.3) is 5.91 Å². The highest BCUT2D eigenvalue weighted by molar-refractivity contribution is 6.33. The van der Waals surface area contributed by atoms with Gasteiger partial charge in [-0.15, -0.1) is 0 Å². The zero-order valence-electron chi connectivity index (χ0n) is 16.0. The average Bonchev–Trinajstić information content (AvgIpc) is 3.15. The minimum Gasteiger partial charge on any atom is -0.493 e. The van der Waals surface area contributed by atoms with E-state index in [2.05, 4.69) is 10.1 Å². The second kappa shape index (κ2) is 8.31. The maximum atomic E-state index is 12.6. The van der Waals surface area contributed by atoms with Crippen LogP contribution in [0.5, 0.6) is 11.5 Å². The van der Waals surface area contributed by atoms with Gasteiger partial charge in [-0.2, -0.15) is 4.98 Å². The summed E-state index contributed by atoms with van der Waals surface area (Å²) in [5.41, 5.74) is 2.12. The van der Waals surface area contributed by atoms with Crippen LogP contribution in [-0.4, -0.2) is 42.2 Å². The maximum Gasteiger partial charge on any atom is 0.255 e. The Morgan fingerprint density at radius 1 is 1.14 bits per heavy atom. The number of aryl methyl sites for hydroxylation is 1. The molecule has 0 saturated carbocycles. The van der Waals surface area contributed by atoms with Crippen LogP contribution in [0.1, 0.15) is 21.8 Å². The second-order valence-electron chi connectivity index (χ2n) is 6.23. The molecule has 3 aromatic rings. The summed E-state index contributed by atoms with van der Waals surface area (Å²) in [5, 5.41) is 4.40. The Balaban J connectivity index is 1.76. The summed E-state index contributed by atoms with van der Waals surface area (Å²) < 4.78 is 15.8. The predicted octanol–water partition coefficient (Wildman–Crippen LogP) is 3.99. The summed E-state index contributed by atoms with van der Waals surface area (Å²) in [6, 6.07) is 10.6. The van der Waals surface area contributed by atoms with Crippen molar-refractivity contribution in [2.24, 2.45) is 0 Å². The number of halogens is 1. The third kappa shape index (κ3) is 4.09. The molecular weight excluding hydrogens is 382 g/mol. The topological polar surface area (TPSA) is 77.7 Å². The monoisotopic (exact) mass is 401 g/mol. The minimum atomic E-state index is -0.226. The third-order valence-corrected chi connectivity index (χ3v) is 4.50. The predicted molar refractivity (Wildman–Crippen MR) is 105 cm³/mol. The van der Waals surface area contributed by atoms with Gasteiger partial charge in [0.15, 0.2) is 11.5 Å². The van der Waals surface area contributed by atoms with Crippen molar-refractivity contribution in [3.8, 4) is 22.9 Å². The first kappa shape index (κ1) is 19.7. The summed E-state index contributed by atoms with van der Waals surface area (Å²) in [7, 11) is 4.77. The first-order valence-electron chi connectivity index (χ1n) is 8.49. The van der Waals surface area contributed by atoms with E-state index >= 15 is 0 Å². The highest BCUT2D eigenvalue weighted by atomic mass is 35.5. The fourth-order valence-electron chi connectivity index (χ4n) is 2.69. The van der Waals surface area contributed by atoms with Crippen LogP contribution in [0.2, 0.25) is 5.02 Å². The Kier molecular flexibility index (Phi) is 5.84. The largest absolute Gasteiger partial charge is 0.493 e. The Bertz CT molecular complexity index is 1000. The minimum absolute atomic E-state index is 0.156. The van der Waals surface area contributed by atoms with E-state index in [0.717, 1.165) is 5.56 Å². The molecule has 7 nitrogen and oxygen atoms in total. The van der Waals surface area contributed by atoms with Gasteiger partial charge >= 0.3 is 0 Å². The fraction of sp³-hybridized carbons (Fsp3) is 0.250. The first-order chi connectivity index (χ1) is 13.4. The number of benzene rings is 2. The number of amides is 1. The lowest BCUT2D eigenvalue weighted by atomic mass is 10.1. The average molecular weight is 402 g/mol. The number of ether oxygens (including phenoxy) is 2. The molecule has 0 unspecified atom stereocenters. The van der Waals surface area contributed by atoms with Crippen molar-refractivity contribution >= 4 is 17.5 Å². The van der Waals surface area contributed by atoms with Gasteiger partial charge in [-0.3, -0.25) is 4.79 Å². The summed E-state index contributed by atoms with van der Waals surface area (Å²) in [4.78, 5) is 18.5. The SMILES string of the molecule is COc1ccc(-c2noc(CN(C)C(=O)c3ccc(C)cc3Cl)n2)cc1OC. The van der Waals surface area contributed by atoms with Crippen LogP contribution >= 0.6 is 11.6 Å². The van der Waals surface area contributed by atoms with Crippen LogP contribution in [0.15, 0.2) is 40.9 Å². The molecule has 1 heterocycles. The van der Waals surface area contributed by atoms with Gasteiger partial charge in [0.2, 0.25) is 11.7 Å². The summed E-state index contributed by atoms with van der Waals surface area (Å²) in [6.07, 6.45) is 0. The van der Waals surface area contributed by atoms with Crippen molar-refractivity contribution in [3.05, 3.63) is 58.4 Å². The number of methoxy groups -OCH3 is 2. The van der Waals surface area contributed by atoms with Gasteiger partial charge in [0.1, 0.15) is 0 Å². The van der Waals surface area contributed by atoms with Crippen LogP contribution in [0.25, 0.3) is 11.4 Å². The number of hydrogen-bond acceptors (Lipinski definition) is 6. The van der Waals surface area contributed by atoms with E-state index in [4.69, 9.17) is 25.6 Å². The Morgan fingerprint density at radius 3 is 2.57 bits per heavy atom. The van der Waals surface area contributed by atoms with Crippen molar-refractivity contribution in [2.45, 2.75) is 13.5 Å². The van der Waals surface area contributed by atoms with Gasteiger partial charge in [0, 0.05) is 12.6 Å². The normalized spacial score (nSPS) is 10.6. The number of carbonyl (C=O) groups is 1. The Hall–Kier alpha value is -3.06. The Morgan fingerprint density at radius 2 is 1.89 bits per heavy atom. The lowest BCUT2D eigenvalue weighted by molar-refractivity contribution is 0.0769. The van der Waals surface area contributed by atoms with Crippen LogP contribution in [0.3, 0.4) is 0 Å². The molecular formula is C20H20ClN3O4. The number of carbonyl (C=O) groups excluding carboxylic acids is 1. The van der Waals surface area contributed by atoms with E-state index in [1.165, 1.54) is 4.90 Å². The maximum absolute atomic E-state index is 12.6. The molecule has 0 radical (unpaired) electrons. The fourth-order valence-corrected chi connectivity index (χ4v) is 3.00. The molecule has 0 spiro atoms. The second-order valence-corrected chi connectivity index (χ2v) is 6.63. The first-order valence-corrected chi connectivity index (χ1v) is 8.87. The highest BCUT2D eigenvalue weighted by Gasteiger charge is 2.19. The quantitative estimate of drug-likeness (QED) is 0.621. The molecule has 0 N–H and O–H groups in total. The van der Waals surface area contributed by atoms with Crippen molar-refractivity contribution < 1.29 is 18.8 Å². The van der Waals surface area contributed by atoms with Crippen LogP contribution in [0.4, 0.5) is 0 Å². The smallest absolute Gasteiger partial charge is 0.255 e. The highest BCUT2D eigenvalue weighted by Crippen LogP contribution is 2.31. The molecule has 0 aliphatic rings. The molecule has 0 fully saturated rings. The van der Waals surface area contributed by atoms with E-state index in [1.54, 1.807) is 51.6 Å². The zero-order chi connectivity index (χ0) is 20.3. The molecule has 28 heavy (non-hydrogen) atoms. The lowest BCUT2D eigenvalue weighted by Crippen LogP contribution is -2.26. The molecule has 2 aromatic carbocycles. The van der Waals surface area contributed by atoms with Gasteiger partial charge in [-0.05, 0) is 42.8 Å². The van der Waals surface area contributed by atoms with E-state index < -0.39 is 0 Å². The number of rotatable bonds is 6. The van der Waals surface area contributed by atoms with Gasteiger partial charge in [-0.25, -0.2) is 0 Å². The van der Waals surface area contributed by atoms with Crippen LogP contribution < -0.4 is 9.47 Å². The molecule has 1 amide bonds. The number of aromatic nitrogens is 2. The van der Waals surface area contributed by atoms with Crippen molar-refractivity contribution in [2.75, 3.05) is 21.3 Å². The molecule has 146 valence electrons. The standard InChI is InChI=1S/C20H20ClN3O4/c1-12-5-7-14(15(21)9-12)20(25)24(2)11-18-22-19(23-28-18)13-6-8-16(26-3)17(10-13)27-4/h5-10H,11H2,1-4H3. The molecule has 3 rings (SSSR count). The van der Waals surface area contributed by atoms with E-state index in [0.29, 0.717) is 39.4 Å². The van der Waals surface area contributed by atoms with Gasteiger partial charge < -0.3 is 18.9 Å².